The zero-order valence-electron chi connectivity index (χ0n) is 16.1. The van der Waals surface area contributed by atoms with E-state index in [9.17, 15) is 9.59 Å². The van der Waals surface area contributed by atoms with Crippen LogP contribution in [0.1, 0.15) is 16.8 Å². The Kier molecular flexibility index (Phi) is 6.19. The second-order valence-corrected chi connectivity index (χ2v) is 6.61. The summed E-state index contributed by atoms with van der Waals surface area (Å²) in [6, 6.07) is 8.26. The number of carbonyl (C=O) groups excluding carboxylic acids is 1. The van der Waals surface area contributed by atoms with E-state index in [1.165, 1.54) is 30.8 Å². The summed E-state index contributed by atoms with van der Waals surface area (Å²) in [4.78, 5) is 28.6. The van der Waals surface area contributed by atoms with Crippen LogP contribution in [0.5, 0.6) is 11.5 Å². The summed E-state index contributed by atoms with van der Waals surface area (Å²) in [5.74, 6) is 0.281. The molecule has 0 bridgehead atoms. The highest BCUT2D eigenvalue weighted by Crippen LogP contribution is 2.36. The van der Waals surface area contributed by atoms with Gasteiger partial charge in [0.2, 0.25) is 0 Å². The average Bonchev–Trinajstić information content (AvgIpc) is 2.70. The molecule has 150 valence electrons. The molecule has 0 spiro atoms. The van der Waals surface area contributed by atoms with Crippen LogP contribution in [-0.4, -0.2) is 29.6 Å². The highest BCUT2D eigenvalue weighted by Gasteiger charge is 2.10. The molecule has 3 rings (SSSR count). The number of nitrogens with zero attached hydrogens (tertiary/aromatic N) is 2. The molecule has 0 aliphatic heterocycles. The first-order chi connectivity index (χ1) is 13.9. The van der Waals surface area contributed by atoms with Gasteiger partial charge in [0.05, 0.1) is 24.9 Å². The van der Waals surface area contributed by atoms with Gasteiger partial charge >= 0.3 is 5.97 Å². The minimum Gasteiger partial charge on any atom is -0.493 e. The van der Waals surface area contributed by atoms with E-state index >= 15 is 0 Å². The van der Waals surface area contributed by atoms with Crippen molar-refractivity contribution in [3.05, 3.63) is 74.8 Å². The van der Waals surface area contributed by atoms with Gasteiger partial charge in [0, 0.05) is 18.3 Å². The third-order valence-corrected chi connectivity index (χ3v) is 4.37. The summed E-state index contributed by atoms with van der Waals surface area (Å²) in [6.45, 7) is 1.77. The van der Waals surface area contributed by atoms with Crippen molar-refractivity contribution >= 4 is 29.3 Å². The molecule has 0 radical (unpaired) electrons. The fourth-order valence-corrected chi connectivity index (χ4v) is 3.02. The maximum Gasteiger partial charge on any atom is 0.331 e. The van der Waals surface area contributed by atoms with Crippen molar-refractivity contribution in [3.8, 4) is 11.5 Å². The van der Waals surface area contributed by atoms with Crippen LogP contribution in [0.2, 0.25) is 5.02 Å². The molecular weight excluding hydrogens is 396 g/mol. The number of esters is 1. The van der Waals surface area contributed by atoms with Gasteiger partial charge in [0.15, 0.2) is 11.5 Å². The summed E-state index contributed by atoms with van der Waals surface area (Å²) in [6.07, 6.45) is 4.51. The Hall–Kier alpha value is -3.32. The molecule has 0 saturated heterocycles. The number of ether oxygens (including phenoxy) is 3. The van der Waals surface area contributed by atoms with Crippen LogP contribution >= 0.6 is 11.6 Å². The molecule has 3 aromatic rings. The highest BCUT2D eigenvalue weighted by molar-refractivity contribution is 6.32. The number of rotatable bonds is 6. The average molecular weight is 415 g/mol. The van der Waals surface area contributed by atoms with Gasteiger partial charge in [-0.25, -0.2) is 9.78 Å². The van der Waals surface area contributed by atoms with Crippen molar-refractivity contribution in [3.63, 3.8) is 0 Å². The number of hydrogen-bond acceptors (Lipinski definition) is 6. The molecule has 0 saturated carbocycles. The standard InChI is InChI=1S/C21H19ClN2O5/c1-13-4-6-18-23-15(10-19(25)24(18)11-13)12-29-20(26)7-5-14-8-16(22)21(28-3)17(9-14)27-2/h4-11H,12H2,1-3H3/b7-5+. The van der Waals surface area contributed by atoms with Crippen molar-refractivity contribution in [2.24, 2.45) is 0 Å². The first-order valence-electron chi connectivity index (χ1n) is 8.66. The van der Waals surface area contributed by atoms with Crippen LogP contribution in [0, 0.1) is 6.92 Å². The molecule has 0 amide bonds. The van der Waals surface area contributed by atoms with E-state index in [1.54, 1.807) is 30.5 Å². The number of aryl methyl sites for hydroxylation is 1. The highest BCUT2D eigenvalue weighted by atomic mass is 35.5. The van der Waals surface area contributed by atoms with Crippen molar-refractivity contribution in [1.29, 1.82) is 0 Å². The zero-order chi connectivity index (χ0) is 21.0. The first-order valence-corrected chi connectivity index (χ1v) is 9.04. The summed E-state index contributed by atoms with van der Waals surface area (Å²) in [5.41, 5.74) is 2.21. The SMILES string of the molecule is COc1cc(/C=C/C(=O)OCc2cc(=O)n3cc(C)ccc3n2)cc(Cl)c1OC. The summed E-state index contributed by atoms with van der Waals surface area (Å²) in [5, 5.41) is 0.357. The van der Waals surface area contributed by atoms with Crippen LogP contribution in [0.4, 0.5) is 0 Å². The van der Waals surface area contributed by atoms with Crippen molar-refractivity contribution in [2.45, 2.75) is 13.5 Å². The number of hydrogen-bond donors (Lipinski definition) is 0. The van der Waals surface area contributed by atoms with Gasteiger partial charge in [-0.2, -0.15) is 0 Å². The Bertz CT molecular complexity index is 1150. The van der Waals surface area contributed by atoms with E-state index in [2.05, 4.69) is 4.98 Å². The van der Waals surface area contributed by atoms with Gasteiger partial charge < -0.3 is 14.2 Å². The number of aromatic nitrogens is 2. The molecule has 0 N–H and O–H groups in total. The minimum absolute atomic E-state index is 0.116. The van der Waals surface area contributed by atoms with E-state index < -0.39 is 5.97 Å². The Labute approximate surface area is 172 Å². The second kappa shape index (κ2) is 8.79. The molecule has 0 aliphatic carbocycles. The van der Waals surface area contributed by atoms with Gasteiger partial charge in [-0.1, -0.05) is 17.7 Å². The van der Waals surface area contributed by atoms with Crippen LogP contribution in [0.25, 0.3) is 11.7 Å². The topological polar surface area (TPSA) is 79.1 Å². The largest absolute Gasteiger partial charge is 0.493 e. The number of pyridine rings is 1. The predicted molar refractivity (Wildman–Crippen MR) is 110 cm³/mol. The van der Waals surface area contributed by atoms with Gasteiger partial charge in [0.25, 0.3) is 5.56 Å². The zero-order valence-corrected chi connectivity index (χ0v) is 16.9. The van der Waals surface area contributed by atoms with Gasteiger partial charge in [0.1, 0.15) is 12.3 Å². The number of halogens is 1. The van der Waals surface area contributed by atoms with E-state index in [0.29, 0.717) is 33.4 Å². The van der Waals surface area contributed by atoms with Crippen molar-refractivity contribution < 1.29 is 19.0 Å². The van der Waals surface area contributed by atoms with E-state index in [4.69, 9.17) is 25.8 Å². The first kappa shape index (κ1) is 20.4. The molecule has 0 atom stereocenters. The maximum atomic E-state index is 12.2. The Balaban J connectivity index is 1.70. The van der Waals surface area contributed by atoms with Crippen molar-refractivity contribution in [1.82, 2.24) is 9.38 Å². The Morgan fingerprint density at radius 1 is 1.21 bits per heavy atom. The summed E-state index contributed by atoms with van der Waals surface area (Å²) < 4.78 is 17.0. The molecule has 2 heterocycles. The smallest absolute Gasteiger partial charge is 0.331 e. The number of benzene rings is 1. The molecule has 1 aromatic carbocycles. The third-order valence-electron chi connectivity index (χ3n) is 4.09. The lowest BCUT2D eigenvalue weighted by Crippen LogP contribution is -2.16. The fourth-order valence-electron chi connectivity index (χ4n) is 2.72. The van der Waals surface area contributed by atoms with E-state index in [0.717, 1.165) is 5.56 Å². The summed E-state index contributed by atoms with van der Waals surface area (Å²) >= 11 is 6.15. The monoisotopic (exact) mass is 414 g/mol. The van der Waals surface area contributed by atoms with Gasteiger partial charge in [-0.15, -0.1) is 0 Å². The fraction of sp³-hybridized carbons (Fsp3) is 0.190. The molecular formula is C21H19ClN2O5. The molecule has 8 heteroatoms. The lowest BCUT2D eigenvalue weighted by molar-refractivity contribution is -0.139. The number of methoxy groups -OCH3 is 2. The molecule has 29 heavy (non-hydrogen) atoms. The molecule has 7 nitrogen and oxygen atoms in total. The summed E-state index contributed by atoms with van der Waals surface area (Å²) in [7, 11) is 2.99. The molecule has 0 unspecified atom stereocenters. The predicted octanol–water partition coefficient (Wildman–Crippen LogP) is 3.43. The normalized spacial score (nSPS) is 11.0. The lowest BCUT2D eigenvalue weighted by atomic mass is 10.2. The molecule has 0 fully saturated rings. The van der Waals surface area contributed by atoms with Gasteiger partial charge in [-0.05, 0) is 42.3 Å². The van der Waals surface area contributed by atoms with Gasteiger partial charge in [-0.3, -0.25) is 9.20 Å². The Morgan fingerprint density at radius 3 is 2.72 bits per heavy atom. The number of carbonyl (C=O) groups is 1. The lowest BCUT2D eigenvalue weighted by Gasteiger charge is -2.10. The Morgan fingerprint density at radius 2 is 2.00 bits per heavy atom. The third kappa shape index (κ3) is 4.75. The van der Waals surface area contributed by atoms with Crippen LogP contribution < -0.4 is 15.0 Å². The van der Waals surface area contributed by atoms with Crippen LogP contribution in [0.15, 0.2) is 47.4 Å². The second-order valence-electron chi connectivity index (χ2n) is 6.20. The number of fused-ring (bicyclic) bond motifs is 1. The van der Waals surface area contributed by atoms with Crippen molar-refractivity contribution in [2.75, 3.05) is 14.2 Å². The molecule has 2 aromatic heterocycles. The minimum atomic E-state index is -0.582. The van der Waals surface area contributed by atoms with Crippen LogP contribution in [0.3, 0.4) is 0 Å². The molecule has 0 aliphatic rings. The van der Waals surface area contributed by atoms with E-state index in [1.807, 2.05) is 13.0 Å². The maximum absolute atomic E-state index is 12.2. The quantitative estimate of drug-likeness (QED) is 0.454. The van der Waals surface area contributed by atoms with E-state index in [-0.39, 0.29) is 12.2 Å². The van der Waals surface area contributed by atoms with Crippen LogP contribution in [-0.2, 0) is 16.1 Å².